The van der Waals surface area contributed by atoms with Gasteiger partial charge in [-0.15, -0.1) is 17.5 Å². The van der Waals surface area contributed by atoms with Crippen LogP contribution in [0.15, 0.2) is 24.5 Å². The average Bonchev–Trinajstić information content (AvgIpc) is 2.90. The van der Waals surface area contributed by atoms with Crippen molar-refractivity contribution in [2.75, 3.05) is 19.6 Å². The number of carbonyl (C=O) groups excluding carboxylic acids is 1. The summed E-state index contributed by atoms with van der Waals surface area (Å²) in [6.45, 7) is 2.53. The highest BCUT2D eigenvalue weighted by molar-refractivity contribution is 6.31. The first kappa shape index (κ1) is 15.7. The van der Waals surface area contributed by atoms with E-state index in [-0.39, 0.29) is 18.3 Å². The van der Waals surface area contributed by atoms with Gasteiger partial charge in [-0.05, 0) is 28.6 Å². The summed E-state index contributed by atoms with van der Waals surface area (Å²) in [5.74, 6) is 0.319. The molecule has 0 aliphatic carbocycles. The Kier molecular flexibility index (Phi) is 5.11. The van der Waals surface area contributed by atoms with E-state index in [4.69, 9.17) is 11.6 Å². The Hall–Kier alpha value is -1.70. The molecule has 0 atom stereocenters. The van der Waals surface area contributed by atoms with Crippen LogP contribution >= 0.6 is 24.0 Å². The van der Waals surface area contributed by atoms with Gasteiger partial charge in [0, 0.05) is 30.6 Å². The zero-order chi connectivity index (χ0) is 13.9. The van der Waals surface area contributed by atoms with Crippen LogP contribution in [0.4, 0.5) is 0 Å². The summed E-state index contributed by atoms with van der Waals surface area (Å²) in [4.78, 5) is 12.3. The minimum absolute atomic E-state index is 0. The molecule has 0 bridgehead atoms. The molecule has 2 heterocycles. The normalized spacial score (nSPS) is 14.1. The first-order valence-electron chi connectivity index (χ1n) is 6.26. The number of halogens is 2. The van der Waals surface area contributed by atoms with Crippen LogP contribution in [0.2, 0.25) is 5.02 Å². The van der Waals surface area contributed by atoms with Crippen molar-refractivity contribution >= 4 is 29.9 Å². The fourth-order valence-electron chi connectivity index (χ4n) is 1.99. The largest absolute Gasteiger partial charge is 0.352 e. The minimum Gasteiger partial charge on any atom is -0.352 e. The van der Waals surface area contributed by atoms with Gasteiger partial charge in [-0.1, -0.05) is 11.6 Å². The van der Waals surface area contributed by atoms with Crippen LogP contribution in [-0.2, 0) is 0 Å². The average molecular weight is 329 g/mol. The summed E-state index contributed by atoms with van der Waals surface area (Å²) in [5, 5.41) is 17.5. The van der Waals surface area contributed by atoms with Crippen molar-refractivity contribution in [1.29, 1.82) is 0 Å². The zero-order valence-corrected chi connectivity index (χ0v) is 12.6. The standard InChI is InChI=1S/C12H13ClN6O.ClH/c13-9-1-2-11(19-7-16-17-18-19)10(3-9)12(20)15-6-8-4-14-5-8;/h1-3,7-8,14H,4-6H2,(H,15,20);1H. The maximum Gasteiger partial charge on any atom is 0.253 e. The van der Waals surface area contributed by atoms with E-state index in [9.17, 15) is 4.79 Å². The van der Waals surface area contributed by atoms with E-state index in [1.807, 2.05) is 0 Å². The number of rotatable bonds is 4. The van der Waals surface area contributed by atoms with E-state index in [1.54, 1.807) is 18.2 Å². The van der Waals surface area contributed by atoms with Gasteiger partial charge in [0.05, 0.1) is 11.3 Å². The molecule has 1 fully saturated rings. The SMILES string of the molecule is Cl.O=C(NCC1CNC1)c1cc(Cl)ccc1-n1cnnn1. The first-order chi connectivity index (χ1) is 9.74. The molecule has 1 amide bonds. The highest BCUT2D eigenvalue weighted by atomic mass is 35.5. The quantitative estimate of drug-likeness (QED) is 0.862. The van der Waals surface area contributed by atoms with Gasteiger partial charge in [0.2, 0.25) is 0 Å². The number of aromatic nitrogens is 4. The zero-order valence-electron chi connectivity index (χ0n) is 11.0. The van der Waals surface area contributed by atoms with Crippen LogP contribution in [0, 0.1) is 5.92 Å². The van der Waals surface area contributed by atoms with Gasteiger partial charge in [-0.3, -0.25) is 4.79 Å². The molecule has 1 aromatic heterocycles. The van der Waals surface area contributed by atoms with E-state index >= 15 is 0 Å². The Labute approximate surface area is 132 Å². The Balaban J connectivity index is 0.00000161. The molecule has 1 saturated heterocycles. The molecule has 9 heteroatoms. The smallest absolute Gasteiger partial charge is 0.253 e. The van der Waals surface area contributed by atoms with Crippen molar-refractivity contribution in [3.8, 4) is 5.69 Å². The lowest BCUT2D eigenvalue weighted by molar-refractivity contribution is 0.0942. The Morgan fingerprint density at radius 1 is 1.48 bits per heavy atom. The summed E-state index contributed by atoms with van der Waals surface area (Å²) in [6.07, 6.45) is 1.44. The molecule has 0 saturated carbocycles. The molecule has 1 aliphatic rings. The second kappa shape index (κ2) is 6.84. The van der Waals surface area contributed by atoms with Gasteiger partial charge < -0.3 is 10.6 Å². The van der Waals surface area contributed by atoms with Crippen LogP contribution in [0.25, 0.3) is 5.69 Å². The Morgan fingerprint density at radius 2 is 2.29 bits per heavy atom. The topological polar surface area (TPSA) is 84.7 Å². The molecule has 112 valence electrons. The van der Waals surface area contributed by atoms with Crippen LogP contribution in [0.1, 0.15) is 10.4 Å². The van der Waals surface area contributed by atoms with Crippen molar-refractivity contribution in [3.63, 3.8) is 0 Å². The molecule has 7 nitrogen and oxygen atoms in total. The van der Waals surface area contributed by atoms with Gasteiger partial charge in [-0.25, -0.2) is 0 Å². The predicted octanol–water partition coefficient (Wildman–Crippen LogP) is 0.687. The van der Waals surface area contributed by atoms with Gasteiger partial charge in [-0.2, -0.15) is 4.68 Å². The lowest BCUT2D eigenvalue weighted by atomic mass is 10.0. The van der Waals surface area contributed by atoms with Crippen molar-refractivity contribution in [2.45, 2.75) is 0 Å². The Morgan fingerprint density at radius 3 is 2.90 bits per heavy atom. The third-order valence-electron chi connectivity index (χ3n) is 3.22. The molecule has 21 heavy (non-hydrogen) atoms. The number of tetrazole rings is 1. The molecular weight excluding hydrogens is 315 g/mol. The molecule has 0 unspecified atom stereocenters. The number of carbonyl (C=O) groups is 1. The molecule has 1 aromatic carbocycles. The molecule has 0 radical (unpaired) electrons. The lowest BCUT2D eigenvalue weighted by Gasteiger charge is -2.27. The van der Waals surface area contributed by atoms with E-state index in [0.717, 1.165) is 13.1 Å². The fraction of sp³-hybridized carbons (Fsp3) is 0.333. The fourth-order valence-corrected chi connectivity index (χ4v) is 2.16. The summed E-state index contributed by atoms with van der Waals surface area (Å²) >= 11 is 5.97. The predicted molar refractivity (Wildman–Crippen MR) is 80.1 cm³/mol. The van der Waals surface area contributed by atoms with Crippen LogP contribution < -0.4 is 10.6 Å². The van der Waals surface area contributed by atoms with Gasteiger partial charge in [0.15, 0.2) is 0 Å². The van der Waals surface area contributed by atoms with Gasteiger partial charge in [0.25, 0.3) is 5.91 Å². The monoisotopic (exact) mass is 328 g/mol. The van der Waals surface area contributed by atoms with E-state index in [2.05, 4.69) is 26.2 Å². The highest BCUT2D eigenvalue weighted by Crippen LogP contribution is 2.19. The maximum atomic E-state index is 12.3. The van der Waals surface area contributed by atoms with Crippen LogP contribution in [0.5, 0.6) is 0 Å². The molecule has 1 aliphatic heterocycles. The molecular formula is C12H14Cl2N6O. The van der Waals surface area contributed by atoms with Crippen LogP contribution in [-0.4, -0.2) is 45.7 Å². The molecule has 2 aromatic rings. The first-order valence-corrected chi connectivity index (χ1v) is 6.63. The minimum atomic E-state index is -0.176. The number of hydrogen-bond donors (Lipinski definition) is 2. The van der Waals surface area contributed by atoms with Crippen molar-refractivity contribution in [3.05, 3.63) is 35.1 Å². The van der Waals surface area contributed by atoms with Crippen molar-refractivity contribution in [1.82, 2.24) is 30.8 Å². The molecule has 2 N–H and O–H groups in total. The molecule has 3 rings (SSSR count). The van der Waals surface area contributed by atoms with Gasteiger partial charge >= 0.3 is 0 Å². The van der Waals surface area contributed by atoms with E-state index in [1.165, 1.54) is 11.0 Å². The second-order valence-corrected chi connectivity index (χ2v) is 5.09. The summed E-state index contributed by atoms with van der Waals surface area (Å²) in [5.41, 5.74) is 1.06. The summed E-state index contributed by atoms with van der Waals surface area (Å²) in [6, 6.07) is 5.04. The number of hydrogen-bond acceptors (Lipinski definition) is 5. The molecule has 0 spiro atoms. The van der Waals surface area contributed by atoms with Crippen molar-refractivity contribution < 1.29 is 4.79 Å². The Bertz CT molecular complexity index is 614. The number of amides is 1. The maximum absolute atomic E-state index is 12.3. The summed E-state index contributed by atoms with van der Waals surface area (Å²) < 4.78 is 1.44. The number of benzene rings is 1. The van der Waals surface area contributed by atoms with E-state index in [0.29, 0.717) is 28.7 Å². The number of nitrogens with zero attached hydrogens (tertiary/aromatic N) is 4. The van der Waals surface area contributed by atoms with Crippen molar-refractivity contribution in [2.24, 2.45) is 5.92 Å². The lowest BCUT2D eigenvalue weighted by Crippen LogP contribution is -2.48. The van der Waals surface area contributed by atoms with Gasteiger partial charge in [0.1, 0.15) is 6.33 Å². The highest BCUT2D eigenvalue weighted by Gasteiger charge is 2.19. The second-order valence-electron chi connectivity index (χ2n) is 4.65. The summed E-state index contributed by atoms with van der Waals surface area (Å²) in [7, 11) is 0. The third-order valence-corrected chi connectivity index (χ3v) is 3.45. The number of nitrogens with one attached hydrogen (secondary N) is 2. The third kappa shape index (κ3) is 3.49. The van der Waals surface area contributed by atoms with E-state index < -0.39 is 0 Å². The van der Waals surface area contributed by atoms with Crippen LogP contribution in [0.3, 0.4) is 0 Å².